The van der Waals surface area contributed by atoms with E-state index in [2.05, 4.69) is 15.3 Å². The minimum Gasteiger partial charge on any atom is -0.296 e. The van der Waals surface area contributed by atoms with E-state index in [9.17, 15) is 9.18 Å². The second-order valence-electron chi connectivity index (χ2n) is 4.17. The molecule has 3 rings (SSSR count). The zero-order chi connectivity index (χ0) is 12.5. The molecule has 0 spiro atoms. The highest BCUT2D eigenvalue weighted by Gasteiger charge is 2.26. The first kappa shape index (κ1) is 11.3. The molecule has 0 radical (unpaired) electrons. The highest BCUT2D eigenvalue weighted by Crippen LogP contribution is 2.40. The lowest BCUT2D eigenvalue weighted by atomic mass is 10.3. The topological polar surface area (TPSA) is 54.9 Å². The van der Waals surface area contributed by atoms with E-state index in [0.29, 0.717) is 11.0 Å². The highest BCUT2D eigenvalue weighted by atomic mass is 32.1. The van der Waals surface area contributed by atoms with Crippen LogP contribution in [0.5, 0.6) is 0 Å². The third-order valence-electron chi connectivity index (χ3n) is 2.69. The van der Waals surface area contributed by atoms with Crippen molar-refractivity contribution in [1.82, 2.24) is 9.97 Å². The van der Waals surface area contributed by atoms with Crippen LogP contribution in [-0.4, -0.2) is 15.9 Å². The standard InChI is InChI=1S/C12H10FN3OS/c13-8-3-4-14-9(5-8)11(17)16-12-15-10(6-18-12)7-1-2-7/h3-7H,1-2H2,(H,15,16,17). The fraction of sp³-hybridized carbons (Fsp3) is 0.250. The van der Waals surface area contributed by atoms with Gasteiger partial charge in [0.05, 0.1) is 5.69 Å². The molecular weight excluding hydrogens is 253 g/mol. The van der Waals surface area contributed by atoms with Crippen molar-refractivity contribution in [2.75, 3.05) is 5.32 Å². The number of amides is 1. The van der Waals surface area contributed by atoms with Gasteiger partial charge in [0.15, 0.2) is 5.13 Å². The third kappa shape index (κ3) is 2.38. The van der Waals surface area contributed by atoms with Gasteiger partial charge in [-0.15, -0.1) is 11.3 Å². The Hall–Kier alpha value is -1.82. The van der Waals surface area contributed by atoms with Crippen molar-refractivity contribution in [3.8, 4) is 0 Å². The van der Waals surface area contributed by atoms with Crippen LogP contribution >= 0.6 is 11.3 Å². The van der Waals surface area contributed by atoms with Crippen LogP contribution < -0.4 is 5.32 Å². The number of thiazole rings is 1. The van der Waals surface area contributed by atoms with E-state index in [4.69, 9.17) is 0 Å². The van der Waals surface area contributed by atoms with E-state index in [1.54, 1.807) is 0 Å². The summed E-state index contributed by atoms with van der Waals surface area (Å²) in [4.78, 5) is 19.9. The van der Waals surface area contributed by atoms with Gasteiger partial charge in [-0.3, -0.25) is 15.1 Å². The number of anilines is 1. The summed E-state index contributed by atoms with van der Waals surface area (Å²) in [5.41, 5.74) is 1.08. The summed E-state index contributed by atoms with van der Waals surface area (Å²) in [7, 11) is 0. The second kappa shape index (κ2) is 4.45. The SMILES string of the molecule is O=C(Nc1nc(C2CC2)cs1)c1cc(F)ccn1. The molecule has 2 aromatic heterocycles. The summed E-state index contributed by atoms with van der Waals surface area (Å²) in [5, 5.41) is 5.11. The van der Waals surface area contributed by atoms with Crippen LogP contribution in [0.2, 0.25) is 0 Å². The summed E-state index contributed by atoms with van der Waals surface area (Å²) in [6, 6.07) is 2.30. The maximum Gasteiger partial charge on any atom is 0.276 e. The lowest BCUT2D eigenvalue weighted by molar-refractivity contribution is 0.102. The molecule has 1 fully saturated rings. The van der Waals surface area contributed by atoms with E-state index in [-0.39, 0.29) is 5.69 Å². The van der Waals surface area contributed by atoms with Crippen LogP contribution in [0.4, 0.5) is 9.52 Å². The molecule has 6 heteroatoms. The maximum absolute atomic E-state index is 13.0. The Bertz CT molecular complexity index is 595. The van der Waals surface area contributed by atoms with E-state index >= 15 is 0 Å². The Morgan fingerprint density at radius 2 is 2.33 bits per heavy atom. The van der Waals surface area contributed by atoms with Gasteiger partial charge in [-0.2, -0.15) is 0 Å². The second-order valence-corrected chi connectivity index (χ2v) is 5.02. The Balaban J connectivity index is 1.73. The molecule has 4 nitrogen and oxygen atoms in total. The first-order chi connectivity index (χ1) is 8.72. The number of hydrogen-bond donors (Lipinski definition) is 1. The summed E-state index contributed by atoms with van der Waals surface area (Å²) in [6.45, 7) is 0. The van der Waals surface area contributed by atoms with Gasteiger partial charge >= 0.3 is 0 Å². The Morgan fingerprint density at radius 3 is 3.06 bits per heavy atom. The quantitative estimate of drug-likeness (QED) is 0.926. The number of pyridine rings is 1. The van der Waals surface area contributed by atoms with Crippen LogP contribution in [0.3, 0.4) is 0 Å². The summed E-state index contributed by atoms with van der Waals surface area (Å²) < 4.78 is 13.0. The first-order valence-corrected chi connectivity index (χ1v) is 6.48. The molecular formula is C12H10FN3OS. The molecule has 18 heavy (non-hydrogen) atoms. The Labute approximate surface area is 107 Å². The molecule has 2 aromatic rings. The molecule has 1 saturated carbocycles. The summed E-state index contributed by atoms with van der Waals surface area (Å²) in [6.07, 6.45) is 3.60. The predicted octanol–water partition coefficient (Wildman–Crippen LogP) is 2.81. The molecule has 0 unspecified atom stereocenters. The average molecular weight is 263 g/mol. The van der Waals surface area contributed by atoms with Crippen LogP contribution in [-0.2, 0) is 0 Å². The molecule has 0 bridgehead atoms. The van der Waals surface area contributed by atoms with E-state index < -0.39 is 11.7 Å². The molecule has 0 atom stereocenters. The molecule has 92 valence electrons. The molecule has 1 amide bonds. The van der Waals surface area contributed by atoms with Gasteiger partial charge in [-0.25, -0.2) is 9.37 Å². The van der Waals surface area contributed by atoms with E-state index in [1.165, 1.54) is 36.4 Å². The number of hydrogen-bond acceptors (Lipinski definition) is 4. The van der Waals surface area contributed by atoms with Gasteiger partial charge in [-0.05, 0) is 18.9 Å². The number of nitrogens with one attached hydrogen (secondary N) is 1. The predicted molar refractivity (Wildman–Crippen MR) is 66.2 cm³/mol. The van der Waals surface area contributed by atoms with Crippen molar-refractivity contribution in [2.45, 2.75) is 18.8 Å². The van der Waals surface area contributed by atoms with Crippen LogP contribution in [0.1, 0.15) is 34.9 Å². The molecule has 0 aliphatic heterocycles. The Kier molecular flexibility index (Phi) is 2.79. The third-order valence-corrected chi connectivity index (χ3v) is 3.47. The van der Waals surface area contributed by atoms with E-state index in [1.807, 2.05) is 5.38 Å². The molecule has 2 heterocycles. The van der Waals surface area contributed by atoms with Crippen LogP contribution in [0.25, 0.3) is 0 Å². The van der Waals surface area contributed by atoms with Crippen molar-refractivity contribution in [1.29, 1.82) is 0 Å². The smallest absolute Gasteiger partial charge is 0.276 e. The van der Waals surface area contributed by atoms with Crippen molar-refractivity contribution in [3.05, 3.63) is 40.9 Å². The highest BCUT2D eigenvalue weighted by molar-refractivity contribution is 7.14. The molecule has 0 saturated heterocycles. The average Bonchev–Trinajstić information content (AvgIpc) is 3.11. The zero-order valence-electron chi connectivity index (χ0n) is 9.39. The summed E-state index contributed by atoms with van der Waals surface area (Å²) >= 11 is 1.38. The molecule has 1 N–H and O–H groups in total. The lowest BCUT2D eigenvalue weighted by Gasteiger charge is -2.00. The number of aromatic nitrogens is 2. The summed E-state index contributed by atoms with van der Waals surface area (Å²) in [5.74, 6) is -0.363. The van der Waals surface area contributed by atoms with Crippen molar-refractivity contribution >= 4 is 22.4 Å². The minimum atomic E-state index is -0.479. The first-order valence-electron chi connectivity index (χ1n) is 5.61. The number of carbonyl (C=O) groups excluding carboxylic acids is 1. The minimum absolute atomic E-state index is 0.0539. The van der Waals surface area contributed by atoms with Crippen molar-refractivity contribution in [2.24, 2.45) is 0 Å². The number of halogens is 1. The van der Waals surface area contributed by atoms with Gasteiger partial charge in [-0.1, -0.05) is 0 Å². The van der Waals surface area contributed by atoms with Crippen LogP contribution in [0.15, 0.2) is 23.7 Å². The Morgan fingerprint density at radius 1 is 1.50 bits per heavy atom. The normalized spacial score (nSPS) is 14.5. The van der Waals surface area contributed by atoms with Gasteiger partial charge in [0.2, 0.25) is 0 Å². The fourth-order valence-corrected chi connectivity index (χ4v) is 2.39. The molecule has 1 aliphatic rings. The number of rotatable bonds is 3. The maximum atomic E-state index is 13.0. The molecule has 1 aliphatic carbocycles. The van der Waals surface area contributed by atoms with Gasteiger partial charge < -0.3 is 0 Å². The van der Waals surface area contributed by atoms with Crippen molar-refractivity contribution < 1.29 is 9.18 Å². The van der Waals surface area contributed by atoms with E-state index in [0.717, 1.165) is 11.8 Å². The zero-order valence-corrected chi connectivity index (χ0v) is 10.2. The van der Waals surface area contributed by atoms with Gasteiger partial charge in [0.1, 0.15) is 11.5 Å². The monoisotopic (exact) mass is 263 g/mol. The van der Waals surface area contributed by atoms with Crippen molar-refractivity contribution in [3.63, 3.8) is 0 Å². The van der Waals surface area contributed by atoms with Crippen LogP contribution in [0, 0.1) is 5.82 Å². The number of nitrogens with zero attached hydrogens (tertiary/aromatic N) is 2. The van der Waals surface area contributed by atoms with Gasteiger partial charge in [0.25, 0.3) is 5.91 Å². The lowest BCUT2D eigenvalue weighted by Crippen LogP contribution is -2.13. The van der Waals surface area contributed by atoms with Gasteiger partial charge in [0, 0.05) is 23.6 Å². The molecule has 0 aromatic carbocycles. The fourth-order valence-electron chi connectivity index (χ4n) is 1.60. The largest absolute Gasteiger partial charge is 0.296 e. The number of carbonyl (C=O) groups is 1.